The van der Waals surface area contributed by atoms with Gasteiger partial charge in [0.05, 0.1) is 18.9 Å². The largest absolute Gasteiger partial charge is 0.395 e. The van der Waals surface area contributed by atoms with Crippen LogP contribution in [0, 0.1) is 0 Å². The van der Waals surface area contributed by atoms with Crippen molar-refractivity contribution in [1.29, 1.82) is 0 Å². The van der Waals surface area contributed by atoms with Gasteiger partial charge in [0.1, 0.15) is 5.82 Å². The van der Waals surface area contributed by atoms with Crippen molar-refractivity contribution in [3.63, 3.8) is 0 Å². The normalized spacial score (nSPS) is 25.2. The molecule has 1 aromatic heterocycles. The summed E-state index contributed by atoms with van der Waals surface area (Å²) in [4.78, 5) is 14.3. The molecule has 0 aromatic carbocycles. The third-order valence-corrected chi connectivity index (χ3v) is 5.57. The molecule has 1 atom stereocenters. The highest BCUT2D eigenvalue weighted by Gasteiger charge is 2.34. The van der Waals surface area contributed by atoms with Gasteiger partial charge in [-0.2, -0.15) is 4.98 Å². The Morgan fingerprint density at radius 1 is 1.20 bits per heavy atom. The Morgan fingerprint density at radius 2 is 2.04 bits per heavy atom. The van der Waals surface area contributed by atoms with Crippen LogP contribution in [0.5, 0.6) is 0 Å². The number of hydrogen-bond acceptors (Lipinski definition) is 7. The van der Waals surface area contributed by atoms with Gasteiger partial charge in [-0.3, -0.25) is 4.90 Å². The second kappa shape index (κ2) is 7.85. The quantitative estimate of drug-likeness (QED) is 0.797. The van der Waals surface area contributed by atoms with Gasteiger partial charge in [0.15, 0.2) is 0 Å². The highest BCUT2D eigenvalue weighted by atomic mass is 16.5. The number of ether oxygens (including phenoxy) is 1. The summed E-state index contributed by atoms with van der Waals surface area (Å²) in [7, 11) is 0. The number of aliphatic hydroxyl groups is 1. The molecule has 0 bridgehead atoms. The fraction of sp³-hybridized carbons (Fsp3) is 0.778. The number of nitrogens with zero attached hydrogens (tertiary/aromatic N) is 4. The molecule has 7 nitrogen and oxygen atoms in total. The van der Waals surface area contributed by atoms with Crippen molar-refractivity contribution in [1.82, 2.24) is 14.9 Å². The van der Waals surface area contributed by atoms with E-state index in [9.17, 15) is 0 Å². The summed E-state index contributed by atoms with van der Waals surface area (Å²) < 4.78 is 5.53. The van der Waals surface area contributed by atoms with Crippen LogP contribution in [0.4, 0.5) is 11.8 Å². The Bertz CT molecular complexity index is 567. The summed E-state index contributed by atoms with van der Waals surface area (Å²) in [6.07, 6.45) is 5.08. The van der Waals surface area contributed by atoms with E-state index in [0.717, 1.165) is 44.2 Å². The second-order valence-corrected chi connectivity index (χ2v) is 7.34. The monoisotopic (exact) mass is 347 g/mol. The molecule has 138 valence electrons. The topological polar surface area (TPSA) is 73.8 Å². The molecule has 25 heavy (non-hydrogen) atoms. The van der Waals surface area contributed by atoms with Crippen molar-refractivity contribution in [3.05, 3.63) is 11.8 Å². The molecule has 3 saturated heterocycles. The first-order chi connectivity index (χ1) is 12.3. The Labute approximate surface area is 149 Å². The van der Waals surface area contributed by atoms with Crippen LogP contribution in [0.3, 0.4) is 0 Å². The SMILES string of the molecule is OCCNc1nc([C@H]2CCOC2)cc(N2CC(N3CCCCC3)C2)n1. The fourth-order valence-corrected chi connectivity index (χ4v) is 4.00. The Balaban J connectivity index is 1.45. The average molecular weight is 347 g/mol. The molecule has 3 fully saturated rings. The van der Waals surface area contributed by atoms with E-state index in [0.29, 0.717) is 24.5 Å². The second-order valence-electron chi connectivity index (χ2n) is 7.34. The van der Waals surface area contributed by atoms with Gasteiger partial charge < -0.3 is 20.1 Å². The summed E-state index contributed by atoms with van der Waals surface area (Å²) in [5.41, 5.74) is 1.06. The van der Waals surface area contributed by atoms with Crippen molar-refractivity contribution >= 4 is 11.8 Å². The lowest BCUT2D eigenvalue weighted by Gasteiger charge is -2.47. The number of nitrogens with one attached hydrogen (secondary N) is 1. The van der Waals surface area contributed by atoms with Crippen molar-refractivity contribution in [2.75, 3.05) is 62.8 Å². The molecule has 0 spiro atoms. The van der Waals surface area contributed by atoms with E-state index >= 15 is 0 Å². The molecule has 3 aliphatic rings. The predicted molar refractivity (Wildman–Crippen MR) is 97.2 cm³/mol. The first-order valence-electron chi connectivity index (χ1n) is 9.64. The number of rotatable bonds is 6. The number of piperidine rings is 1. The van der Waals surface area contributed by atoms with Gasteiger partial charge >= 0.3 is 0 Å². The summed E-state index contributed by atoms with van der Waals surface area (Å²) in [5, 5.41) is 12.2. The molecular formula is C18H29N5O2. The lowest BCUT2D eigenvalue weighted by atomic mass is 10.0. The van der Waals surface area contributed by atoms with Gasteiger partial charge in [0.2, 0.25) is 5.95 Å². The smallest absolute Gasteiger partial charge is 0.224 e. The molecule has 1 aromatic rings. The van der Waals surface area contributed by atoms with Crippen molar-refractivity contribution in [2.24, 2.45) is 0 Å². The maximum Gasteiger partial charge on any atom is 0.224 e. The molecule has 7 heteroatoms. The van der Waals surface area contributed by atoms with Crippen LogP contribution in [0.1, 0.15) is 37.3 Å². The molecule has 3 aliphatic heterocycles. The third-order valence-electron chi connectivity index (χ3n) is 5.57. The van der Waals surface area contributed by atoms with Crippen molar-refractivity contribution in [3.8, 4) is 0 Å². The number of hydrogen-bond donors (Lipinski definition) is 2. The van der Waals surface area contributed by atoms with Crippen LogP contribution in [0.2, 0.25) is 0 Å². The summed E-state index contributed by atoms with van der Waals surface area (Å²) in [6.45, 7) is 6.70. The van der Waals surface area contributed by atoms with E-state index in [1.165, 1.54) is 32.4 Å². The van der Waals surface area contributed by atoms with Crippen LogP contribution in [-0.2, 0) is 4.74 Å². The fourth-order valence-electron chi connectivity index (χ4n) is 4.00. The van der Waals surface area contributed by atoms with Crippen LogP contribution in [0.15, 0.2) is 6.07 Å². The molecule has 0 amide bonds. The van der Waals surface area contributed by atoms with E-state index in [1.54, 1.807) is 0 Å². The molecule has 4 heterocycles. The molecular weight excluding hydrogens is 318 g/mol. The van der Waals surface area contributed by atoms with Gasteiger partial charge in [-0.25, -0.2) is 4.98 Å². The van der Waals surface area contributed by atoms with E-state index in [-0.39, 0.29) is 6.61 Å². The minimum atomic E-state index is 0.0796. The zero-order valence-electron chi connectivity index (χ0n) is 14.9. The first kappa shape index (κ1) is 17.0. The maximum absolute atomic E-state index is 9.07. The van der Waals surface area contributed by atoms with E-state index in [4.69, 9.17) is 9.84 Å². The van der Waals surface area contributed by atoms with Crippen LogP contribution < -0.4 is 10.2 Å². The highest BCUT2D eigenvalue weighted by molar-refractivity contribution is 5.48. The van der Waals surface area contributed by atoms with Gasteiger partial charge in [-0.15, -0.1) is 0 Å². The number of likely N-dealkylation sites (tertiary alicyclic amines) is 1. The van der Waals surface area contributed by atoms with E-state index in [1.807, 2.05) is 0 Å². The lowest BCUT2D eigenvalue weighted by molar-refractivity contribution is 0.138. The lowest BCUT2D eigenvalue weighted by Crippen LogP contribution is -2.60. The molecule has 2 N–H and O–H groups in total. The molecule has 0 unspecified atom stereocenters. The van der Waals surface area contributed by atoms with Gasteiger partial charge in [-0.1, -0.05) is 6.42 Å². The molecule has 0 radical (unpaired) electrons. The van der Waals surface area contributed by atoms with Gasteiger partial charge in [-0.05, 0) is 32.4 Å². The van der Waals surface area contributed by atoms with Gasteiger partial charge in [0, 0.05) is 44.3 Å². The predicted octanol–water partition coefficient (Wildman–Crippen LogP) is 1.06. The number of aliphatic hydroxyl groups excluding tert-OH is 1. The van der Waals surface area contributed by atoms with Crippen molar-refractivity contribution in [2.45, 2.75) is 37.6 Å². The van der Waals surface area contributed by atoms with Crippen LogP contribution in [0.25, 0.3) is 0 Å². The Hall–Kier alpha value is -1.44. The number of aromatic nitrogens is 2. The minimum absolute atomic E-state index is 0.0796. The maximum atomic E-state index is 9.07. The van der Waals surface area contributed by atoms with E-state index in [2.05, 4.69) is 31.2 Å². The zero-order chi connectivity index (χ0) is 17.1. The van der Waals surface area contributed by atoms with Gasteiger partial charge in [0.25, 0.3) is 0 Å². The molecule has 4 rings (SSSR count). The van der Waals surface area contributed by atoms with Crippen LogP contribution in [-0.4, -0.2) is 78.6 Å². The molecule has 0 aliphatic carbocycles. The Kier molecular flexibility index (Phi) is 5.33. The zero-order valence-corrected chi connectivity index (χ0v) is 14.9. The Morgan fingerprint density at radius 3 is 2.76 bits per heavy atom. The van der Waals surface area contributed by atoms with E-state index < -0.39 is 0 Å². The standard InChI is InChI=1S/C18H29N5O2/c24-8-5-19-18-20-16(14-4-9-25-13-14)10-17(21-18)23-11-15(12-23)22-6-2-1-3-7-22/h10,14-15,24H,1-9,11-13H2,(H,19,20,21)/t14-/m0/s1. The minimum Gasteiger partial charge on any atom is -0.395 e. The van der Waals surface area contributed by atoms with Crippen molar-refractivity contribution < 1.29 is 9.84 Å². The average Bonchev–Trinajstić information content (AvgIpc) is 3.14. The summed E-state index contributed by atoms with van der Waals surface area (Å²) in [5.74, 6) is 1.98. The number of anilines is 2. The summed E-state index contributed by atoms with van der Waals surface area (Å²) in [6, 6.07) is 2.80. The molecule has 0 saturated carbocycles. The highest BCUT2D eigenvalue weighted by Crippen LogP contribution is 2.30. The first-order valence-corrected chi connectivity index (χ1v) is 9.64. The summed E-state index contributed by atoms with van der Waals surface area (Å²) >= 11 is 0. The third kappa shape index (κ3) is 3.88. The van der Waals surface area contributed by atoms with Crippen LogP contribution >= 0.6 is 0 Å².